The Balaban J connectivity index is 2.72. The van der Waals surface area contributed by atoms with Gasteiger partial charge >= 0.3 is 0 Å². The molecule has 1 heterocycles. The van der Waals surface area contributed by atoms with E-state index in [1.54, 1.807) is 4.68 Å². The van der Waals surface area contributed by atoms with Gasteiger partial charge in [-0.1, -0.05) is 6.92 Å². The molecule has 0 bridgehead atoms. The van der Waals surface area contributed by atoms with E-state index in [1.807, 2.05) is 13.8 Å². The molecule has 0 aliphatic rings. The average Bonchev–Trinajstić information content (AvgIpc) is 2.12. The van der Waals surface area contributed by atoms with Crippen molar-refractivity contribution in [1.29, 1.82) is 0 Å². The van der Waals surface area contributed by atoms with Crippen molar-refractivity contribution in [2.24, 2.45) is 0 Å². The molecule has 3 nitrogen and oxygen atoms in total. The Morgan fingerprint density at radius 1 is 1.82 bits per heavy atom. The second-order valence-electron chi connectivity index (χ2n) is 2.97. The van der Waals surface area contributed by atoms with Crippen LogP contribution in [0, 0.1) is 6.92 Å². The lowest BCUT2D eigenvalue weighted by atomic mass is 9.88. The molecule has 0 N–H and O–H groups in total. The summed E-state index contributed by atoms with van der Waals surface area (Å²) >= 11 is 0. The molecule has 0 amide bonds. The summed E-state index contributed by atoms with van der Waals surface area (Å²) in [6, 6.07) is 0. The molecule has 0 aliphatic heterocycles. The Hall–Kier alpha value is -0.365. The summed E-state index contributed by atoms with van der Waals surface area (Å²) in [5.41, 5.74) is 0. The van der Waals surface area contributed by atoms with E-state index in [1.165, 1.54) is 6.33 Å². The Labute approximate surface area is 70.2 Å². The predicted octanol–water partition coefficient (Wildman–Crippen LogP) is 0.346. The van der Waals surface area contributed by atoms with E-state index in [0.29, 0.717) is 6.54 Å². The van der Waals surface area contributed by atoms with Crippen LogP contribution < -0.4 is 0 Å². The quantitative estimate of drug-likeness (QED) is 0.469. The van der Waals surface area contributed by atoms with Crippen molar-refractivity contribution in [2.75, 3.05) is 0 Å². The second kappa shape index (κ2) is 2.94. The van der Waals surface area contributed by atoms with Gasteiger partial charge in [0.25, 0.3) is 0 Å². The Kier molecular flexibility index (Phi) is 2.33. The van der Waals surface area contributed by atoms with E-state index < -0.39 is 0 Å². The third-order valence-electron chi connectivity index (χ3n) is 1.30. The van der Waals surface area contributed by atoms with E-state index in [4.69, 9.17) is 7.85 Å². The average molecular weight is 167 g/mol. The fraction of sp³-hybridized carbons (Fsp3) is 0.667. The minimum Gasteiger partial charge on any atom is -0.250 e. The molecule has 11 heavy (non-hydrogen) atoms. The largest absolute Gasteiger partial charge is 0.250 e. The smallest absolute Gasteiger partial charge is 0.138 e. The van der Waals surface area contributed by atoms with Gasteiger partial charge in [0.1, 0.15) is 12.2 Å². The molecule has 2 atom stereocenters. The lowest BCUT2D eigenvalue weighted by Gasteiger charge is -2.18. The molecule has 1 aromatic rings. The van der Waals surface area contributed by atoms with Gasteiger partial charge in [-0.15, -0.1) is 9.24 Å². The number of nitrogens with zero attached hydrogens (tertiary/aromatic N) is 3. The highest BCUT2D eigenvalue weighted by molar-refractivity contribution is 7.22. The molecule has 0 saturated heterocycles. The van der Waals surface area contributed by atoms with Crippen LogP contribution >= 0.6 is 9.24 Å². The Morgan fingerprint density at radius 3 is 2.82 bits per heavy atom. The van der Waals surface area contributed by atoms with Crippen molar-refractivity contribution < 1.29 is 0 Å². The van der Waals surface area contributed by atoms with Crippen LogP contribution in [0.5, 0.6) is 0 Å². The van der Waals surface area contributed by atoms with Crippen molar-refractivity contribution in [3.63, 3.8) is 0 Å². The number of hydrogen-bond donors (Lipinski definition) is 0. The van der Waals surface area contributed by atoms with E-state index in [-0.39, 0.29) is 5.06 Å². The number of aromatic nitrogens is 3. The Bertz CT molecular complexity index is 240. The molecule has 2 unspecified atom stereocenters. The van der Waals surface area contributed by atoms with E-state index in [0.717, 1.165) is 5.82 Å². The Morgan fingerprint density at radius 2 is 2.45 bits per heavy atom. The SMILES string of the molecule is [B]C(C)(P)Cn1ncnc1C. The zero-order chi connectivity index (χ0) is 8.48. The van der Waals surface area contributed by atoms with Crippen molar-refractivity contribution in [3.05, 3.63) is 12.2 Å². The fourth-order valence-corrected chi connectivity index (χ4v) is 0.973. The van der Waals surface area contributed by atoms with E-state index in [2.05, 4.69) is 19.3 Å². The van der Waals surface area contributed by atoms with Gasteiger partial charge in [-0.3, -0.25) is 4.68 Å². The zero-order valence-corrected chi connectivity index (χ0v) is 7.94. The molecule has 1 aromatic heterocycles. The van der Waals surface area contributed by atoms with Gasteiger partial charge < -0.3 is 0 Å². The van der Waals surface area contributed by atoms with Crippen LogP contribution in [0.3, 0.4) is 0 Å². The topological polar surface area (TPSA) is 30.7 Å². The minimum atomic E-state index is -0.307. The molecular weight excluding hydrogens is 156 g/mol. The van der Waals surface area contributed by atoms with Crippen LogP contribution in [0.4, 0.5) is 0 Å². The lowest BCUT2D eigenvalue weighted by molar-refractivity contribution is 0.566. The molecule has 0 aromatic carbocycles. The first-order valence-corrected chi connectivity index (χ1v) is 3.99. The lowest BCUT2D eigenvalue weighted by Crippen LogP contribution is -2.24. The molecule has 0 fully saturated rings. The highest BCUT2D eigenvalue weighted by atomic mass is 31.0. The van der Waals surface area contributed by atoms with Crippen molar-refractivity contribution in [3.8, 4) is 0 Å². The van der Waals surface area contributed by atoms with E-state index in [9.17, 15) is 0 Å². The fourth-order valence-electron chi connectivity index (χ4n) is 0.800. The highest BCUT2D eigenvalue weighted by Crippen LogP contribution is 2.14. The molecule has 0 spiro atoms. The van der Waals surface area contributed by atoms with Crippen molar-refractivity contribution in [1.82, 2.24) is 14.8 Å². The maximum absolute atomic E-state index is 5.77. The summed E-state index contributed by atoms with van der Waals surface area (Å²) in [7, 11) is 8.34. The van der Waals surface area contributed by atoms with Gasteiger partial charge in [-0.05, 0) is 12.0 Å². The normalized spacial score (nSPS) is 16.3. The summed E-state index contributed by atoms with van der Waals surface area (Å²) < 4.78 is 1.78. The summed E-state index contributed by atoms with van der Waals surface area (Å²) in [6.07, 6.45) is 1.53. The van der Waals surface area contributed by atoms with Gasteiger partial charge in [0, 0.05) is 6.54 Å². The summed E-state index contributed by atoms with van der Waals surface area (Å²) in [5, 5.41) is 3.71. The van der Waals surface area contributed by atoms with Crippen LogP contribution in [-0.2, 0) is 6.54 Å². The van der Waals surface area contributed by atoms with Gasteiger partial charge in [-0.25, -0.2) is 4.98 Å². The maximum atomic E-state index is 5.77. The van der Waals surface area contributed by atoms with Gasteiger partial charge in [0.2, 0.25) is 0 Å². The van der Waals surface area contributed by atoms with Crippen LogP contribution in [-0.4, -0.2) is 27.7 Å². The van der Waals surface area contributed by atoms with Gasteiger partial charge in [0.05, 0.1) is 7.85 Å². The summed E-state index contributed by atoms with van der Waals surface area (Å²) in [6.45, 7) is 4.51. The first-order valence-electron chi connectivity index (χ1n) is 3.41. The summed E-state index contributed by atoms with van der Waals surface area (Å²) in [5.74, 6) is 0.893. The number of aryl methyl sites for hydroxylation is 1. The summed E-state index contributed by atoms with van der Waals surface area (Å²) in [4.78, 5) is 3.99. The minimum absolute atomic E-state index is 0.307. The molecule has 58 valence electrons. The maximum Gasteiger partial charge on any atom is 0.138 e. The van der Waals surface area contributed by atoms with Crippen LogP contribution in [0.25, 0.3) is 0 Å². The molecule has 1 rings (SSSR count). The van der Waals surface area contributed by atoms with Crippen molar-refractivity contribution in [2.45, 2.75) is 25.4 Å². The van der Waals surface area contributed by atoms with E-state index >= 15 is 0 Å². The number of hydrogen-bond acceptors (Lipinski definition) is 2. The van der Waals surface area contributed by atoms with Crippen LogP contribution in [0.1, 0.15) is 12.7 Å². The van der Waals surface area contributed by atoms with Gasteiger partial charge in [-0.2, -0.15) is 5.10 Å². The van der Waals surface area contributed by atoms with Crippen molar-refractivity contribution >= 4 is 17.1 Å². The predicted molar refractivity (Wildman–Crippen MR) is 48.6 cm³/mol. The number of rotatable bonds is 2. The van der Waals surface area contributed by atoms with Gasteiger partial charge in [0.15, 0.2) is 0 Å². The van der Waals surface area contributed by atoms with Crippen LogP contribution in [0.2, 0.25) is 0 Å². The third-order valence-corrected chi connectivity index (χ3v) is 1.48. The molecular formula is C6H11BN3P. The molecule has 0 aliphatic carbocycles. The zero-order valence-electron chi connectivity index (χ0n) is 6.78. The molecule has 0 saturated carbocycles. The standard InChI is InChI=1S/C6H11BN3P/c1-5-8-4-9-10(5)3-6(2,7)11/h4H,3,11H2,1-2H3. The first kappa shape index (κ1) is 8.73. The first-order chi connectivity index (χ1) is 4.99. The monoisotopic (exact) mass is 167 g/mol. The molecule has 2 radical (unpaired) electrons. The highest BCUT2D eigenvalue weighted by Gasteiger charge is 2.12. The third kappa shape index (κ3) is 2.62. The van der Waals surface area contributed by atoms with Crippen LogP contribution in [0.15, 0.2) is 6.33 Å². The second-order valence-corrected chi connectivity index (χ2v) is 4.29. The molecule has 5 heteroatoms.